The van der Waals surface area contributed by atoms with Gasteiger partial charge in [0, 0.05) is 6.54 Å². The third kappa shape index (κ3) is 2.21. The maximum atomic E-state index is 4.16. The number of nitrogens with zero attached hydrogens (tertiary/aromatic N) is 3. The molecule has 2 aromatic rings. The number of aromatic nitrogens is 4. The van der Waals surface area contributed by atoms with Crippen LogP contribution in [0.3, 0.4) is 0 Å². The normalized spacial score (nSPS) is 10.7. The highest BCUT2D eigenvalue weighted by molar-refractivity contribution is 5.81. The van der Waals surface area contributed by atoms with Crippen LogP contribution >= 0.6 is 0 Å². The van der Waals surface area contributed by atoms with Crippen LogP contribution in [0.1, 0.15) is 6.42 Å². The van der Waals surface area contributed by atoms with Gasteiger partial charge >= 0.3 is 0 Å². The molecule has 0 saturated heterocycles. The van der Waals surface area contributed by atoms with E-state index in [9.17, 15) is 0 Å². The number of imidazole rings is 1. The predicted octanol–water partition coefficient (Wildman–Crippen LogP) is 0.374. The summed E-state index contributed by atoms with van der Waals surface area (Å²) in [4.78, 5) is 15.3. The molecular weight excluding hydrogens is 192 g/mol. The van der Waals surface area contributed by atoms with Gasteiger partial charge in [0.15, 0.2) is 11.5 Å². The lowest BCUT2D eigenvalue weighted by Crippen LogP contribution is -2.13. The van der Waals surface area contributed by atoms with Crippen LogP contribution in [-0.2, 0) is 0 Å². The summed E-state index contributed by atoms with van der Waals surface area (Å²) in [7, 11) is 1.94. The van der Waals surface area contributed by atoms with E-state index in [1.165, 1.54) is 6.33 Å². The van der Waals surface area contributed by atoms with Crippen LogP contribution in [0.25, 0.3) is 11.2 Å². The molecule has 6 nitrogen and oxygen atoms in total. The Morgan fingerprint density at radius 3 is 3.07 bits per heavy atom. The second-order valence-electron chi connectivity index (χ2n) is 3.21. The first-order chi connectivity index (χ1) is 7.42. The third-order valence-electron chi connectivity index (χ3n) is 2.12. The molecule has 2 rings (SSSR count). The largest absolute Gasteiger partial charge is 0.368 e. The third-order valence-corrected chi connectivity index (χ3v) is 2.12. The van der Waals surface area contributed by atoms with Crippen LogP contribution in [0, 0.1) is 0 Å². The van der Waals surface area contributed by atoms with Crippen molar-refractivity contribution in [2.24, 2.45) is 0 Å². The molecule has 0 unspecified atom stereocenters. The minimum absolute atomic E-state index is 0.695. The predicted molar refractivity (Wildman–Crippen MR) is 58.7 cm³/mol. The van der Waals surface area contributed by atoms with E-state index in [4.69, 9.17) is 0 Å². The molecule has 0 fully saturated rings. The molecule has 0 aliphatic carbocycles. The fraction of sp³-hybridized carbons (Fsp3) is 0.444. The second-order valence-corrected chi connectivity index (χ2v) is 3.21. The Kier molecular flexibility index (Phi) is 3.08. The van der Waals surface area contributed by atoms with E-state index in [-0.39, 0.29) is 0 Å². The zero-order valence-electron chi connectivity index (χ0n) is 8.62. The fourth-order valence-electron chi connectivity index (χ4n) is 1.37. The summed E-state index contributed by atoms with van der Waals surface area (Å²) in [6.45, 7) is 1.87. The molecule has 0 bridgehead atoms. The number of fused-ring (bicyclic) bond motifs is 1. The Hall–Kier alpha value is -1.69. The molecule has 0 amide bonds. The van der Waals surface area contributed by atoms with Crippen molar-refractivity contribution >= 4 is 17.0 Å². The first-order valence-electron chi connectivity index (χ1n) is 4.94. The van der Waals surface area contributed by atoms with Gasteiger partial charge in [-0.15, -0.1) is 0 Å². The summed E-state index contributed by atoms with van der Waals surface area (Å²) in [5.41, 5.74) is 1.56. The molecule has 0 saturated carbocycles. The molecule has 0 radical (unpaired) electrons. The molecule has 80 valence electrons. The Balaban J connectivity index is 2.04. The average Bonchev–Trinajstić information content (AvgIpc) is 2.73. The molecule has 2 heterocycles. The van der Waals surface area contributed by atoms with Gasteiger partial charge in [-0.1, -0.05) is 0 Å². The van der Waals surface area contributed by atoms with Crippen molar-refractivity contribution in [1.82, 2.24) is 25.3 Å². The number of anilines is 1. The van der Waals surface area contributed by atoms with E-state index in [2.05, 4.69) is 30.6 Å². The lowest BCUT2D eigenvalue weighted by Gasteiger charge is -2.04. The van der Waals surface area contributed by atoms with Crippen LogP contribution < -0.4 is 10.6 Å². The van der Waals surface area contributed by atoms with Gasteiger partial charge in [0.25, 0.3) is 0 Å². The van der Waals surface area contributed by atoms with E-state index in [0.717, 1.165) is 30.8 Å². The minimum atomic E-state index is 0.695. The van der Waals surface area contributed by atoms with E-state index in [1.54, 1.807) is 6.33 Å². The van der Waals surface area contributed by atoms with Gasteiger partial charge in [-0.2, -0.15) is 0 Å². The minimum Gasteiger partial charge on any atom is -0.368 e. The van der Waals surface area contributed by atoms with Gasteiger partial charge in [-0.05, 0) is 20.0 Å². The topological polar surface area (TPSA) is 78.5 Å². The highest BCUT2D eigenvalue weighted by Crippen LogP contribution is 2.13. The lowest BCUT2D eigenvalue weighted by atomic mass is 10.4. The highest BCUT2D eigenvalue weighted by atomic mass is 15.1. The maximum absolute atomic E-state index is 4.16. The first-order valence-corrected chi connectivity index (χ1v) is 4.94. The number of aromatic amines is 1. The van der Waals surface area contributed by atoms with Crippen molar-refractivity contribution in [2.45, 2.75) is 6.42 Å². The number of hydrogen-bond acceptors (Lipinski definition) is 5. The van der Waals surface area contributed by atoms with Crippen LogP contribution in [0.2, 0.25) is 0 Å². The summed E-state index contributed by atoms with van der Waals surface area (Å²) in [5, 5.41) is 6.34. The Morgan fingerprint density at radius 1 is 1.27 bits per heavy atom. The quantitative estimate of drug-likeness (QED) is 0.616. The SMILES string of the molecule is CNCCCNc1ncnc2nc[nH]c12. The van der Waals surface area contributed by atoms with Crippen molar-refractivity contribution in [3.63, 3.8) is 0 Å². The monoisotopic (exact) mass is 206 g/mol. The molecule has 0 aliphatic heterocycles. The average molecular weight is 206 g/mol. The van der Waals surface area contributed by atoms with Crippen LogP contribution in [0.5, 0.6) is 0 Å². The standard InChI is InChI=1S/C9H14N6/c1-10-3-2-4-11-8-7-9(13-5-12-7)15-6-14-8/h5-6,10H,2-4H2,1H3,(H2,11,12,13,14,15). The molecule has 0 aromatic carbocycles. The number of H-pyrrole nitrogens is 1. The summed E-state index contributed by atoms with van der Waals surface area (Å²) >= 11 is 0. The van der Waals surface area contributed by atoms with Gasteiger partial charge < -0.3 is 15.6 Å². The number of hydrogen-bond donors (Lipinski definition) is 3. The molecule has 0 atom stereocenters. The summed E-state index contributed by atoms with van der Waals surface area (Å²) in [5.74, 6) is 0.814. The molecular formula is C9H14N6. The highest BCUT2D eigenvalue weighted by Gasteiger charge is 2.03. The van der Waals surface area contributed by atoms with E-state index in [1.807, 2.05) is 7.05 Å². The van der Waals surface area contributed by atoms with Gasteiger partial charge in [0.2, 0.25) is 0 Å². The van der Waals surface area contributed by atoms with Crippen LogP contribution in [0.4, 0.5) is 5.82 Å². The van der Waals surface area contributed by atoms with Gasteiger partial charge in [-0.3, -0.25) is 0 Å². The Morgan fingerprint density at radius 2 is 2.20 bits per heavy atom. The zero-order valence-corrected chi connectivity index (χ0v) is 8.62. The lowest BCUT2D eigenvalue weighted by molar-refractivity contribution is 0.747. The molecule has 6 heteroatoms. The molecule has 0 spiro atoms. The van der Waals surface area contributed by atoms with Gasteiger partial charge in [-0.25, -0.2) is 15.0 Å². The van der Waals surface area contributed by atoms with Crippen molar-refractivity contribution in [3.05, 3.63) is 12.7 Å². The first kappa shape index (κ1) is 9.85. The summed E-state index contributed by atoms with van der Waals surface area (Å²) in [6, 6.07) is 0. The zero-order chi connectivity index (χ0) is 10.5. The smallest absolute Gasteiger partial charge is 0.182 e. The summed E-state index contributed by atoms with van der Waals surface area (Å²) < 4.78 is 0. The molecule has 2 aromatic heterocycles. The second kappa shape index (κ2) is 4.70. The van der Waals surface area contributed by atoms with E-state index in [0.29, 0.717) is 5.65 Å². The van der Waals surface area contributed by atoms with E-state index < -0.39 is 0 Å². The molecule has 0 aliphatic rings. The Labute approximate surface area is 87.5 Å². The van der Waals surface area contributed by atoms with E-state index >= 15 is 0 Å². The molecule has 15 heavy (non-hydrogen) atoms. The van der Waals surface area contributed by atoms with Crippen LogP contribution in [-0.4, -0.2) is 40.1 Å². The Bertz CT molecular complexity index is 423. The number of nitrogens with one attached hydrogen (secondary N) is 3. The van der Waals surface area contributed by atoms with Crippen molar-refractivity contribution in [3.8, 4) is 0 Å². The number of rotatable bonds is 5. The van der Waals surface area contributed by atoms with Crippen LogP contribution in [0.15, 0.2) is 12.7 Å². The molecule has 3 N–H and O–H groups in total. The van der Waals surface area contributed by atoms with Crippen molar-refractivity contribution in [2.75, 3.05) is 25.5 Å². The van der Waals surface area contributed by atoms with Crippen molar-refractivity contribution in [1.29, 1.82) is 0 Å². The van der Waals surface area contributed by atoms with Crippen molar-refractivity contribution < 1.29 is 0 Å². The van der Waals surface area contributed by atoms with Gasteiger partial charge in [0.1, 0.15) is 11.8 Å². The maximum Gasteiger partial charge on any atom is 0.182 e. The fourth-order valence-corrected chi connectivity index (χ4v) is 1.37. The summed E-state index contributed by atoms with van der Waals surface area (Å²) in [6.07, 6.45) is 4.19. The van der Waals surface area contributed by atoms with Gasteiger partial charge in [0.05, 0.1) is 6.33 Å².